The van der Waals surface area contributed by atoms with Gasteiger partial charge in [0, 0.05) is 24.3 Å². The van der Waals surface area contributed by atoms with Crippen molar-refractivity contribution in [2.75, 3.05) is 11.9 Å². The summed E-state index contributed by atoms with van der Waals surface area (Å²) in [5.41, 5.74) is 2.08. The molecule has 0 radical (unpaired) electrons. The van der Waals surface area contributed by atoms with Crippen LogP contribution in [-0.2, 0) is 16.0 Å². The van der Waals surface area contributed by atoms with Gasteiger partial charge in [0.25, 0.3) is 0 Å². The Morgan fingerprint density at radius 3 is 3.05 bits per heavy atom. The smallest absolute Gasteiger partial charge is 0.224 e. The third-order valence-electron chi connectivity index (χ3n) is 4.22. The van der Waals surface area contributed by atoms with Crippen LogP contribution in [0.4, 0.5) is 10.1 Å². The Bertz CT molecular complexity index is 543. The molecule has 3 nitrogen and oxygen atoms in total. The highest BCUT2D eigenvalue weighted by Gasteiger charge is 2.22. The van der Waals surface area contributed by atoms with Gasteiger partial charge >= 0.3 is 0 Å². The van der Waals surface area contributed by atoms with Crippen LogP contribution in [0.15, 0.2) is 12.1 Å². The topological polar surface area (TPSA) is 38.3 Å². The number of alkyl halides is 1. The maximum Gasteiger partial charge on any atom is 0.224 e. The summed E-state index contributed by atoms with van der Waals surface area (Å²) < 4.78 is 19.8. The predicted molar refractivity (Wildman–Crippen MR) is 80.2 cm³/mol. The Hall–Kier alpha value is -1.13. The van der Waals surface area contributed by atoms with Crippen LogP contribution in [0.25, 0.3) is 0 Å². The number of anilines is 1. The molecule has 21 heavy (non-hydrogen) atoms. The van der Waals surface area contributed by atoms with Crippen molar-refractivity contribution >= 4 is 23.2 Å². The average molecular weight is 312 g/mol. The van der Waals surface area contributed by atoms with Gasteiger partial charge in [0.1, 0.15) is 5.82 Å². The van der Waals surface area contributed by atoms with E-state index in [1.54, 1.807) is 6.07 Å². The van der Waals surface area contributed by atoms with Gasteiger partial charge in [-0.2, -0.15) is 0 Å². The summed E-state index contributed by atoms with van der Waals surface area (Å²) in [5, 5.41) is 2.35. The molecular weight excluding hydrogens is 293 g/mol. The van der Waals surface area contributed by atoms with E-state index < -0.39 is 0 Å². The number of carbonyl (C=O) groups excluding carboxylic acids is 1. The van der Waals surface area contributed by atoms with E-state index in [9.17, 15) is 9.18 Å². The Morgan fingerprint density at radius 1 is 1.43 bits per heavy atom. The van der Waals surface area contributed by atoms with Gasteiger partial charge < -0.3 is 10.1 Å². The number of halogens is 2. The van der Waals surface area contributed by atoms with E-state index in [2.05, 4.69) is 5.32 Å². The van der Waals surface area contributed by atoms with Crippen LogP contribution in [0.1, 0.15) is 48.6 Å². The van der Waals surface area contributed by atoms with Crippen molar-refractivity contribution in [2.45, 2.75) is 50.0 Å². The SMILES string of the molecule is O=C1CCc2cc(C(Cl)CCC3CCCO3)c(F)cc2N1. The molecule has 0 bridgehead atoms. The molecule has 5 heteroatoms. The number of hydrogen-bond acceptors (Lipinski definition) is 2. The molecule has 2 unspecified atom stereocenters. The van der Waals surface area contributed by atoms with Crippen molar-refractivity contribution in [3.63, 3.8) is 0 Å². The molecule has 1 amide bonds. The predicted octanol–water partition coefficient (Wildman–Crippen LogP) is 3.95. The second-order valence-corrected chi connectivity index (χ2v) is 6.29. The molecule has 114 valence electrons. The fraction of sp³-hybridized carbons (Fsp3) is 0.562. The standard InChI is InChI=1S/C16H19ClFNO2/c17-13(5-4-11-2-1-7-21-11)12-8-10-3-6-16(20)19-15(10)9-14(12)18/h8-9,11,13H,1-7H2,(H,19,20). The minimum atomic E-state index is -0.350. The van der Waals surface area contributed by atoms with Crippen molar-refractivity contribution in [1.29, 1.82) is 0 Å². The Balaban J connectivity index is 1.70. The molecular formula is C16H19ClFNO2. The van der Waals surface area contributed by atoms with Crippen LogP contribution in [0, 0.1) is 5.82 Å². The van der Waals surface area contributed by atoms with Gasteiger partial charge in [-0.3, -0.25) is 4.79 Å². The first kappa shape index (κ1) is 14.8. The van der Waals surface area contributed by atoms with Gasteiger partial charge in [0.15, 0.2) is 0 Å². The number of ether oxygens (including phenoxy) is 1. The van der Waals surface area contributed by atoms with Crippen molar-refractivity contribution in [3.8, 4) is 0 Å². The van der Waals surface area contributed by atoms with Gasteiger partial charge in [-0.05, 0) is 49.8 Å². The zero-order valence-electron chi connectivity index (χ0n) is 11.8. The maximum atomic E-state index is 14.2. The van der Waals surface area contributed by atoms with Gasteiger partial charge in [-0.1, -0.05) is 0 Å². The molecule has 0 aromatic heterocycles. The highest BCUT2D eigenvalue weighted by atomic mass is 35.5. The molecule has 2 aliphatic rings. The number of hydrogen-bond donors (Lipinski definition) is 1. The molecule has 3 rings (SSSR count). The quantitative estimate of drug-likeness (QED) is 0.855. The normalized spacial score (nSPS) is 22.8. The summed E-state index contributed by atoms with van der Waals surface area (Å²) in [6, 6.07) is 3.19. The van der Waals surface area contributed by atoms with Crippen LogP contribution >= 0.6 is 11.6 Å². The summed E-state index contributed by atoms with van der Waals surface area (Å²) in [7, 11) is 0. The van der Waals surface area contributed by atoms with Gasteiger partial charge in [-0.25, -0.2) is 4.39 Å². The van der Waals surface area contributed by atoms with Crippen LogP contribution in [0.5, 0.6) is 0 Å². The summed E-state index contributed by atoms with van der Waals surface area (Å²) >= 11 is 6.38. The van der Waals surface area contributed by atoms with Crippen molar-refractivity contribution in [1.82, 2.24) is 0 Å². The summed E-state index contributed by atoms with van der Waals surface area (Å²) in [6.07, 6.45) is 5.10. The highest BCUT2D eigenvalue weighted by molar-refractivity contribution is 6.20. The number of rotatable bonds is 4. The molecule has 0 saturated carbocycles. The fourth-order valence-corrected chi connectivity index (χ4v) is 3.31. The number of nitrogens with one attached hydrogen (secondary N) is 1. The summed E-state index contributed by atoms with van der Waals surface area (Å²) in [4.78, 5) is 11.3. The van der Waals surface area contributed by atoms with Gasteiger partial charge in [0.05, 0.1) is 11.5 Å². The molecule has 1 aromatic rings. The molecule has 1 N–H and O–H groups in total. The van der Waals surface area contributed by atoms with Crippen LogP contribution in [0.2, 0.25) is 0 Å². The molecule has 2 aliphatic heterocycles. The number of amides is 1. The second-order valence-electron chi connectivity index (χ2n) is 5.76. The fourth-order valence-electron chi connectivity index (χ4n) is 3.02. The lowest BCUT2D eigenvalue weighted by Gasteiger charge is -2.20. The van der Waals surface area contributed by atoms with E-state index >= 15 is 0 Å². The lowest BCUT2D eigenvalue weighted by molar-refractivity contribution is -0.116. The Kier molecular flexibility index (Phi) is 4.45. The number of fused-ring (bicyclic) bond motifs is 1. The lowest BCUT2D eigenvalue weighted by atomic mass is 9.96. The van der Waals surface area contributed by atoms with E-state index in [4.69, 9.17) is 16.3 Å². The molecule has 0 spiro atoms. The minimum absolute atomic E-state index is 0.0598. The summed E-state index contributed by atoms with van der Waals surface area (Å²) in [5.74, 6) is -0.404. The van der Waals surface area contributed by atoms with Crippen molar-refractivity contribution in [3.05, 3.63) is 29.1 Å². The Morgan fingerprint density at radius 2 is 2.29 bits per heavy atom. The first-order chi connectivity index (χ1) is 10.1. The van der Waals surface area contributed by atoms with E-state index in [1.165, 1.54) is 6.07 Å². The van der Waals surface area contributed by atoms with E-state index in [0.717, 1.165) is 31.4 Å². The molecule has 2 atom stereocenters. The maximum absolute atomic E-state index is 14.2. The van der Waals surface area contributed by atoms with Crippen LogP contribution < -0.4 is 5.32 Å². The zero-order chi connectivity index (χ0) is 14.8. The number of benzene rings is 1. The monoisotopic (exact) mass is 311 g/mol. The average Bonchev–Trinajstić information content (AvgIpc) is 2.97. The summed E-state index contributed by atoms with van der Waals surface area (Å²) in [6.45, 7) is 0.824. The minimum Gasteiger partial charge on any atom is -0.378 e. The van der Waals surface area contributed by atoms with Gasteiger partial charge in [-0.15, -0.1) is 11.6 Å². The van der Waals surface area contributed by atoms with E-state index in [1.807, 2.05) is 0 Å². The number of carbonyl (C=O) groups is 1. The molecule has 1 aromatic carbocycles. The van der Waals surface area contributed by atoms with E-state index in [0.29, 0.717) is 30.5 Å². The van der Waals surface area contributed by atoms with Crippen molar-refractivity contribution < 1.29 is 13.9 Å². The zero-order valence-corrected chi connectivity index (χ0v) is 12.6. The largest absolute Gasteiger partial charge is 0.378 e. The molecule has 1 fully saturated rings. The third-order valence-corrected chi connectivity index (χ3v) is 4.67. The van der Waals surface area contributed by atoms with E-state index in [-0.39, 0.29) is 23.2 Å². The molecule has 1 saturated heterocycles. The number of aryl methyl sites for hydroxylation is 1. The first-order valence-corrected chi connectivity index (χ1v) is 7.95. The molecule has 0 aliphatic carbocycles. The first-order valence-electron chi connectivity index (χ1n) is 7.51. The van der Waals surface area contributed by atoms with Crippen LogP contribution in [0.3, 0.4) is 0 Å². The van der Waals surface area contributed by atoms with Crippen LogP contribution in [-0.4, -0.2) is 18.6 Å². The van der Waals surface area contributed by atoms with Gasteiger partial charge in [0.2, 0.25) is 5.91 Å². The van der Waals surface area contributed by atoms with Crippen molar-refractivity contribution in [2.24, 2.45) is 0 Å². The highest BCUT2D eigenvalue weighted by Crippen LogP contribution is 2.34. The third kappa shape index (κ3) is 3.38. The molecule has 2 heterocycles. The second kappa shape index (κ2) is 6.32. The Labute approximate surface area is 128 Å². The lowest BCUT2D eigenvalue weighted by Crippen LogP contribution is -2.19.